The third kappa shape index (κ3) is 3.85. The quantitative estimate of drug-likeness (QED) is 0.618. The van der Waals surface area contributed by atoms with Crippen LogP contribution in [0.25, 0.3) is 0 Å². The SMILES string of the molecule is CC/C=C/COC(=O)c1ccc(N2CCCS2(=O)=O)cc1. The average Bonchev–Trinajstić information content (AvgIpc) is 2.83. The molecule has 1 aromatic rings. The van der Waals surface area contributed by atoms with Gasteiger partial charge in [0.15, 0.2) is 0 Å². The lowest BCUT2D eigenvalue weighted by Crippen LogP contribution is -2.25. The standard InChI is InChI=1S/C15H19NO4S/c1-2-3-4-11-20-15(17)13-6-8-14(9-7-13)16-10-5-12-21(16,18)19/h3-4,6-9H,2,5,10-12H2,1H3/b4-3+. The summed E-state index contributed by atoms with van der Waals surface area (Å²) in [4.78, 5) is 11.8. The van der Waals surface area contributed by atoms with E-state index in [1.165, 1.54) is 4.31 Å². The van der Waals surface area contributed by atoms with Crippen LogP contribution in [-0.4, -0.2) is 33.3 Å². The molecule has 1 heterocycles. The molecule has 5 nitrogen and oxygen atoms in total. The first-order valence-corrected chi connectivity index (χ1v) is 8.58. The van der Waals surface area contributed by atoms with E-state index >= 15 is 0 Å². The second-order valence-electron chi connectivity index (χ2n) is 4.77. The number of carbonyl (C=O) groups excluding carboxylic acids is 1. The molecule has 0 spiro atoms. The predicted molar refractivity (Wildman–Crippen MR) is 81.9 cm³/mol. The first-order valence-electron chi connectivity index (χ1n) is 6.97. The highest BCUT2D eigenvalue weighted by atomic mass is 32.2. The molecule has 0 bridgehead atoms. The first-order chi connectivity index (χ1) is 10.0. The highest BCUT2D eigenvalue weighted by Gasteiger charge is 2.28. The van der Waals surface area contributed by atoms with Gasteiger partial charge < -0.3 is 4.74 Å². The van der Waals surface area contributed by atoms with Gasteiger partial charge >= 0.3 is 5.97 Å². The number of allylic oxidation sites excluding steroid dienone is 1. The van der Waals surface area contributed by atoms with Gasteiger partial charge in [0.25, 0.3) is 0 Å². The molecule has 0 atom stereocenters. The summed E-state index contributed by atoms with van der Waals surface area (Å²) in [5.41, 5.74) is 1.01. The molecule has 21 heavy (non-hydrogen) atoms. The van der Waals surface area contributed by atoms with E-state index in [2.05, 4.69) is 0 Å². The van der Waals surface area contributed by atoms with Crippen LogP contribution in [0.15, 0.2) is 36.4 Å². The Bertz CT molecular complexity index is 620. The van der Waals surface area contributed by atoms with Crippen LogP contribution in [0, 0.1) is 0 Å². The third-order valence-electron chi connectivity index (χ3n) is 3.20. The van der Waals surface area contributed by atoms with Crippen molar-refractivity contribution in [1.29, 1.82) is 0 Å². The molecular formula is C15H19NO4S. The molecule has 0 N–H and O–H groups in total. The molecule has 1 fully saturated rings. The first kappa shape index (κ1) is 15.6. The van der Waals surface area contributed by atoms with Gasteiger partial charge in [0, 0.05) is 6.54 Å². The molecule has 0 aromatic heterocycles. The summed E-state index contributed by atoms with van der Waals surface area (Å²) >= 11 is 0. The third-order valence-corrected chi connectivity index (χ3v) is 5.07. The Morgan fingerprint density at radius 1 is 1.29 bits per heavy atom. The van der Waals surface area contributed by atoms with Gasteiger partial charge in [0.05, 0.1) is 17.0 Å². The molecule has 1 aliphatic heterocycles. The molecular weight excluding hydrogens is 290 g/mol. The van der Waals surface area contributed by atoms with Crippen molar-refractivity contribution in [2.75, 3.05) is 23.2 Å². The Morgan fingerprint density at radius 3 is 2.57 bits per heavy atom. The molecule has 0 unspecified atom stereocenters. The van der Waals surface area contributed by atoms with E-state index in [1.807, 2.05) is 13.0 Å². The second-order valence-corrected chi connectivity index (χ2v) is 6.78. The van der Waals surface area contributed by atoms with Gasteiger partial charge in [-0.15, -0.1) is 0 Å². The van der Waals surface area contributed by atoms with Crippen LogP contribution in [0.5, 0.6) is 0 Å². The molecule has 0 radical (unpaired) electrons. The van der Waals surface area contributed by atoms with Gasteiger partial charge in [-0.2, -0.15) is 0 Å². The summed E-state index contributed by atoms with van der Waals surface area (Å²) in [6.45, 7) is 2.74. The van der Waals surface area contributed by atoms with Crippen molar-refractivity contribution in [2.24, 2.45) is 0 Å². The number of carbonyl (C=O) groups is 1. The van der Waals surface area contributed by atoms with Crippen molar-refractivity contribution in [3.63, 3.8) is 0 Å². The number of hydrogen-bond donors (Lipinski definition) is 0. The zero-order valence-electron chi connectivity index (χ0n) is 12.0. The topological polar surface area (TPSA) is 63.7 Å². The number of hydrogen-bond acceptors (Lipinski definition) is 4. The maximum Gasteiger partial charge on any atom is 0.338 e. The van der Waals surface area contributed by atoms with Crippen LogP contribution in [0.4, 0.5) is 5.69 Å². The summed E-state index contributed by atoms with van der Waals surface area (Å²) in [6.07, 6.45) is 5.25. The number of esters is 1. The van der Waals surface area contributed by atoms with Crippen LogP contribution in [0.1, 0.15) is 30.1 Å². The minimum Gasteiger partial charge on any atom is -0.458 e. The Hall–Kier alpha value is -1.82. The monoisotopic (exact) mass is 309 g/mol. The van der Waals surface area contributed by atoms with E-state index in [0.717, 1.165) is 6.42 Å². The molecule has 0 amide bonds. The Labute approximate surface area is 125 Å². The second kappa shape index (κ2) is 6.76. The van der Waals surface area contributed by atoms with E-state index in [-0.39, 0.29) is 12.4 Å². The van der Waals surface area contributed by atoms with Crippen molar-refractivity contribution in [3.05, 3.63) is 42.0 Å². The van der Waals surface area contributed by atoms with Crippen molar-refractivity contribution < 1.29 is 17.9 Å². The number of sulfonamides is 1. The van der Waals surface area contributed by atoms with Gasteiger partial charge in [-0.05, 0) is 37.1 Å². The average molecular weight is 309 g/mol. The van der Waals surface area contributed by atoms with Crippen LogP contribution in [0.2, 0.25) is 0 Å². The highest BCUT2D eigenvalue weighted by Crippen LogP contribution is 2.24. The summed E-state index contributed by atoms with van der Waals surface area (Å²) in [5, 5.41) is 0. The Morgan fingerprint density at radius 2 is 2.00 bits per heavy atom. The van der Waals surface area contributed by atoms with Crippen LogP contribution < -0.4 is 4.31 Å². The van der Waals surface area contributed by atoms with Crippen molar-refractivity contribution >= 4 is 21.7 Å². The summed E-state index contributed by atoms with van der Waals surface area (Å²) in [6, 6.07) is 6.47. The molecule has 2 rings (SSSR count). The molecule has 0 saturated carbocycles. The summed E-state index contributed by atoms with van der Waals surface area (Å²) in [5.74, 6) is -0.229. The molecule has 6 heteroatoms. The van der Waals surface area contributed by atoms with E-state index < -0.39 is 16.0 Å². The maximum absolute atomic E-state index is 11.8. The van der Waals surface area contributed by atoms with E-state index in [4.69, 9.17) is 4.74 Å². The molecule has 114 valence electrons. The minimum atomic E-state index is -3.19. The van der Waals surface area contributed by atoms with Gasteiger partial charge in [-0.25, -0.2) is 13.2 Å². The van der Waals surface area contributed by atoms with Crippen LogP contribution in [-0.2, 0) is 14.8 Å². The Balaban J connectivity index is 2.02. The number of benzene rings is 1. The van der Waals surface area contributed by atoms with E-state index in [0.29, 0.717) is 24.2 Å². The van der Waals surface area contributed by atoms with Crippen molar-refractivity contribution in [1.82, 2.24) is 0 Å². The van der Waals surface area contributed by atoms with E-state index in [9.17, 15) is 13.2 Å². The van der Waals surface area contributed by atoms with Gasteiger partial charge in [-0.1, -0.05) is 19.1 Å². The lowest BCUT2D eigenvalue weighted by molar-refractivity contribution is 0.0549. The van der Waals surface area contributed by atoms with Crippen LogP contribution in [0.3, 0.4) is 0 Å². The number of ether oxygens (including phenoxy) is 1. The lowest BCUT2D eigenvalue weighted by Gasteiger charge is -2.16. The fourth-order valence-corrected chi connectivity index (χ4v) is 3.70. The molecule has 1 aliphatic rings. The van der Waals surface area contributed by atoms with Gasteiger partial charge in [0.2, 0.25) is 10.0 Å². The molecule has 1 aromatic carbocycles. The molecule has 1 saturated heterocycles. The van der Waals surface area contributed by atoms with Crippen molar-refractivity contribution in [2.45, 2.75) is 19.8 Å². The maximum atomic E-state index is 11.8. The minimum absolute atomic E-state index is 0.181. The van der Waals surface area contributed by atoms with E-state index in [1.54, 1.807) is 30.3 Å². The van der Waals surface area contributed by atoms with Gasteiger partial charge in [0.1, 0.15) is 6.61 Å². The summed E-state index contributed by atoms with van der Waals surface area (Å²) < 4.78 is 30.1. The zero-order chi connectivity index (χ0) is 15.3. The smallest absolute Gasteiger partial charge is 0.338 e. The number of anilines is 1. The predicted octanol–water partition coefficient (Wildman–Crippen LogP) is 2.35. The Kier molecular flexibility index (Phi) is 5.01. The van der Waals surface area contributed by atoms with Crippen molar-refractivity contribution in [3.8, 4) is 0 Å². The van der Waals surface area contributed by atoms with Gasteiger partial charge in [-0.3, -0.25) is 4.31 Å². The van der Waals surface area contributed by atoms with Crippen LogP contribution >= 0.6 is 0 Å². The molecule has 0 aliphatic carbocycles. The lowest BCUT2D eigenvalue weighted by atomic mass is 10.2. The summed E-state index contributed by atoms with van der Waals surface area (Å²) in [7, 11) is -3.19. The fourth-order valence-electron chi connectivity index (χ4n) is 2.14. The number of rotatable bonds is 5. The zero-order valence-corrected chi connectivity index (χ0v) is 12.8. The normalized spacial score (nSPS) is 17.3. The highest BCUT2D eigenvalue weighted by molar-refractivity contribution is 7.93. The number of nitrogens with zero attached hydrogens (tertiary/aromatic N) is 1. The fraction of sp³-hybridized carbons (Fsp3) is 0.400. The largest absolute Gasteiger partial charge is 0.458 e.